The highest BCUT2D eigenvalue weighted by molar-refractivity contribution is 7.80. The summed E-state index contributed by atoms with van der Waals surface area (Å²) in [6.07, 6.45) is 1.95. The monoisotopic (exact) mass is 186 g/mol. The molecule has 1 atom stereocenters. The molecule has 0 fully saturated rings. The molecule has 5 nitrogen and oxygen atoms in total. The van der Waals surface area contributed by atoms with E-state index in [1.807, 2.05) is 0 Å². The summed E-state index contributed by atoms with van der Waals surface area (Å²) in [5.41, 5.74) is 0.421. The predicted molar refractivity (Wildman–Crippen MR) is 44.0 cm³/mol. The Balaban J connectivity index is 2.77. The number of rotatable bonds is 3. The van der Waals surface area contributed by atoms with Crippen molar-refractivity contribution in [1.29, 1.82) is 0 Å². The van der Waals surface area contributed by atoms with Crippen molar-refractivity contribution in [2.45, 2.75) is 0 Å². The van der Waals surface area contributed by atoms with Gasteiger partial charge in [0.25, 0.3) is 11.3 Å². The van der Waals surface area contributed by atoms with E-state index in [4.69, 9.17) is 4.55 Å². The Morgan fingerprint density at radius 2 is 2.33 bits per heavy atom. The van der Waals surface area contributed by atoms with Crippen molar-refractivity contribution in [3.8, 4) is 0 Å². The highest BCUT2D eigenvalue weighted by Crippen LogP contribution is 2.02. The summed E-state index contributed by atoms with van der Waals surface area (Å²) in [5, 5.41) is 0. The van der Waals surface area contributed by atoms with Gasteiger partial charge in [0.1, 0.15) is 5.82 Å². The fourth-order valence-electron chi connectivity index (χ4n) is 0.625. The molecule has 64 valence electrons. The summed E-state index contributed by atoms with van der Waals surface area (Å²) < 4.78 is 20.8. The lowest BCUT2D eigenvalue weighted by Gasteiger charge is -1.98. The van der Waals surface area contributed by atoms with E-state index in [9.17, 15) is 9.00 Å². The molecule has 1 heterocycles. The van der Waals surface area contributed by atoms with Gasteiger partial charge in [-0.15, -0.1) is 0 Å². The van der Waals surface area contributed by atoms with Crippen LogP contribution in [0.5, 0.6) is 0 Å². The van der Waals surface area contributed by atoms with Gasteiger partial charge in [-0.2, -0.15) is 0 Å². The maximum atomic E-state index is 10.2. The molecule has 0 aliphatic rings. The third-order valence-corrected chi connectivity index (χ3v) is 1.50. The molecule has 0 spiro atoms. The number of carbonyl (C=O) groups is 1. The van der Waals surface area contributed by atoms with Crippen LogP contribution in [0.1, 0.15) is 10.4 Å². The molecule has 0 aliphatic carbocycles. The van der Waals surface area contributed by atoms with Crippen LogP contribution >= 0.6 is 0 Å². The summed E-state index contributed by atoms with van der Waals surface area (Å²) in [6.45, 7) is 0. The first-order chi connectivity index (χ1) is 5.72. The van der Waals surface area contributed by atoms with Gasteiger partial charge in [-0.3, -0.25) is 14.1 Å². The molecule has 0 saturated heterocycles. The van der Waals surface area contributed by atoms with Crippen LogP contribution in [0.4, 0.5) is 5.82 Å². The number of nitrogens with zero attached hydrogens (tertiary/aromatic N) is 1. The third kappa shape index (κ3) is 2.40. The van der Waals surface area contributed by atoms with Gasteiger partial charge in [0, 0.05) is 11.8 Å². The second-order valence-corrected chi connectivity index (χ2v) is 2.65. The van der Waals surface area contributed by atoms with Gasteiger partial charge in [0.2, 0.25) is 0 Å². The Hall–Kier alpha value is -1.27. The SMILES string of the molecule is O=Cc1ccc(NS(=O)O)nc1. The van der Waals surface area contributed by atoms with Gasteiger partial charge < -0.3 is 0 Å². The summed E-state index contributed by atoms with van der Waals surface area (Å²) in [4.78, 5) is 13.9. The lowest BCUT2D eigenvalue weighted by Crippen LogP contribution is -2.03. The van der Waals surface area contributed by atoms with Gasteiger partial charge in [-0.1, -0.05) is 0 Å². The van der Waals surface area contributed by atoms with Crippen molar-refractivity contribution in [2.24, 2.45) is 0 Å². The highest BCUT2D eigenvalue weighted by atomic mass is 32.2. The number of aldehydes is 1. The van der Waals surface area contributed by atoms with Gasteiger partial charge in [0.15, 0.2) is 6.29 Å². The number of aromatic nitrogens is 1. The molecule has 0 radical (unpaired) electrons. The van der Waals surface area contributed by atoms with E-state index in [1.165, 1.54) is 18.3 Å². The zero-order chi connectivity index (χ0) is 8.97. The topological polar surface area (TPSA) is 79.3 Å². The molecule has 12 heavy (non-hydrogen) atoms. The Morgan fingerprint density at radius 3 is 2.75 bits per heavy atom. The molecular weight excluding hydrogens is 180 g/mol. The van der Waals surface area contributed by atoms with E-state index in [-0.39, 0.29) is 5.82 Å². The number of hydrogen-bond donors (Lipinski definition) is 2. The smallest absolute Gasteiger partial charge is 0.260 e. The Kier molecular flexibility index (Phi) is 2.89. The molecule has 1 aromatic heterocycles. The summed E-state index contributed by atoms with van der Waals surface area (Å²) in [7, 11) is 0. The number of pyridine rings is 1. The first-order valence-corrected chi connectivity index (χ1v) is 4.12. The maximum Gasteiger partial charge on any atom is 0.260 e. The average molecular weight is 186 g/mol. The van der Waals surface area contributed by atoms with Crippen molar-refractivity contribution >= 4 is 23.4 Å². The second kappa shape index (κ2) is 3.93. The molecule has 1 unspecified atom stereocenters. The molecule has 1 rings (SSSR count). The number of anilines is 1. The van der Waals surface area contributed by atoms with Crippen molar-refractivity contribution in [3.05, 3.63) is 23.9 Å². The van der Waals surface area contributed by atoms with Crippen LogP contribution in [-0.4, -0.2) is 20.0 Å². The van der Waals surface area contributed by atoms with Crippen molar-refractivity contribution in [2.75, 3.05) is 4.72 Å². The number of nitrogens with one attached hydrogen (secondary N) is 1. The third-order valence-electron chi connectivity index (χ3n) is 1.11. The van der Waals surface area contributed by atoms with Gasteiger partial charge >= 0.3 is 0 Å². The van der Waals surface area contributed by atoms with E-state index in [2.05, 4.69) is 9.71 Å². The fraction of sp³-hybridized carbons (Fsp3) is 0. The average Bonchev–Trinajstić information content (AvgIpc) is 2.05. The molecule has 2 N–H and O–H groups in total. The molecule has 0 saturated carbocycles. The minimum atomic E-state index is -2.13. The summed E-state index contributed by atoms with van der Waals surface area (Å²) in [5.74, 6) is 0.251. The minimum absolute atomic E-state index is 0.251. The summed E-state index contributed by atoms with van der Waals surface area (Å²) in [6, 6.07) is 2.94. The van der Waals surface area contributed by atoms with E-state index in [1.54, 1.807) is 0 Å². The maximum absolute atomic E-state index is 10.2. The van der Waals surface area contributed by atoms with Crippen LogP contribution in [0, 0.1) is 0 Å². The molecule has 0 aromatic carbocycles. The normalized spacial score (nSPS) is 12.1. The van der Waals surface area contributed by atoms with Crippen LogP contribution < -0.4 is 4.72 Å². The van der Waals surface area contributed by atoms with E-state index in [0.29, 0.717) is 11.8 Å². The number of hydrogen-bond acceptors (Lipinski definition) is 3. The lowest BCUT2D eigenvalue weighted by atomic mass is 10.3. The van der Waals surface area contributed by atoms with Crippen LogP contribution in [-0.2, 0) is 11.3 Å². The van der Waals surface area contributed by atoms with Crippen molar-refractivity contribution in [3.63, 3.8) is 0 Å². The number of carbonyl (C=O) groups excluding carboxylic acids is 1. The molecular formula is C6H6N2O3S. The highest BCUT2D eigenvalue weighted by Gasteiger charge is 1.96. The van der Waals surface area contributed by atoms with Gasteiger partial charge in [-0.25, -0.2) is 9.19 Å². The Bertz CT molecular complexity index is 298. The second-order valence-electron chi connectivity index (χ2n) is 1.95. The van der Waals surface area contributed by atoms with Crippen LogP contribution in [0.3, 0.4) is 0 Å². The van der Waals surface area contributed by atoms with Crippen molar-refractivity contribution in [1.82, 2.24) is 4.98 Å². The van der Waals surface area contributed by atoms with Gasteiger partial charge in [-0.05, 0) is 12.1 Å². The Morgan fingerprint density at radius 1 is 1.58 bits per heavy atom. The zero-order valence-corrected chi connectivity index (χ0v) is 6.75. The van der Waals surface area contributed by atoms with Crippen molar-refractivity contribution < 1.29 is 13.6 Å². The molecule has 1 aromatic rings. The largest absolute Gasteiger partial charge is 0.298 e. The first-order valence-electron chi connectivity index (χ1n) is 3.01. The summed E-state index contributed by atoms with van der Waals surface area (Å²) >= 11 is -2.13. The fourth-order valence-corrected chi connectivity index (χ4v) is 0.925. The van der Waals surface area contributed by atoms with E-state index < -0.39 is 11.3 Å². The minimum Gasteiger partial charge on any atom is -0.298 e. The molecule has 0 amide bonds. The van der Waals surface area contributed by atoms with Crippen LogP contribution in [0.2, 0.25) is 0 Å². The first kappa shape index (κ1) is 8.82. The zero-order valence-electron chi connectivity index (χ0n) is 5.93. The van der Waals surface area contributed by atoms with Crippen LogP contribution in [0.25, 0.3) is 0 Å². The Labute approximate surface area is 71.2 Å². The predicted octanol–water partition coefficient (Wildman–Crippen LogP) is 0.443. The van der Waals surface area contributed by atoms with E-state index in [0.717, 1.165) is 0 Å². The van der Waals surface area contributed by atoms with Gasteiger partial charge in [0.05, 0.1) is 0 Å². The van der Waals surface area contributed by atoms with E-state index >= 15 is 0 Å². The van der Waals surface area contributed by atoms with Crippen LogP contribution in [0.15, 0.2) is 18.3 Å². The molecule has 6 heteroatoms. The lowest BCUT2D eigenvalue weighted by molar-refractivity contribution is 0.112. The standard InChI is InChI=1S/C6H6N2O3S/c9-4-5-1-2-6(7-3-5)8-12(10)11/h1-4H,(H,7,8)(H,10,11). The molecule has 0 aliphatic heterocycles. The quantitative estimate of drug-likeness (QED) is 0.530. The molecule has 0 bridgehead atoms.